The normalized spacial score (nSPS) is 15.4. The Labute approximate surface area is 215 Å². The number of furan rings is 1. The molecule has 0 fully saturated rings. The molecule has 1 aliphatic rings. The topological polar surface area (TPSA) is 83.0 Å². The van der Waals surface area contributed by atoms with E-state index in [0.717, 1.165) is 11.1 Å². The van der Waals surface area contributed by atoms with Crippen molar-refractivity contribution in [2.45, 2.75) is 13.0 Å². The van der Waals surface area contributed by atoms with Crippen LogP contribution < -0.4 is 19.6 Å². The Morgan fingerprint density at radius 1 is 1.14 bits per heavy atom. The van der Waals surface area contributed by atoms with Crippen LogP contribution in [0.1, 0.15) is 24.3 Å². The lowest BCUT2D eigenvalue weighted by Gasteiger charge is -2.24. The minimum atomic E-state index is -0.694. The molecular formula is C27H21ClN2O5S. The number of halogens is 1. The maximum Gasteiger partial charge on any atom is 0.338 e. The zero-order chi connectivity index (χ0) is 25.4. The number of benzene rings is 2. The van der Waals surface area contributed by atoms with Gasteiger partial charge in [0.25, 0.3) is 5.56 Å². The number of allylic oxidation sites excluding steroid dienone is 1. The maximum atomic E-state index is 13.6. The third-order valence-electron chi connectivity index (χ3n) is 5.87. The summed E-state index contributed by atoms with van der Waals surface area (Å²) in [7, 11) is 2.89. The van der Waals surface area contributed by atoms with E-state index >= 15 is 0 Å². The molecule has 0 saturated carbocycles. The highest BCUT2D eigenvalue weighted by Crippen LogP contribution is 2.31. The van der Waals surface area contributed by atoms with Crippen LogP contribution in [0, 0.1) is 0 Å². The SMILES string of the molecule is COC(=O)C1=C(C)N=c2sc(=Cc3ccc(-c4cccc(Cl)c4)o3)c(=O)n2C1c1ccc(OC)cc1. The van der Waals surface area contributed by atoms with E-state index in [1.807, 2.05) is 36.4 Å². The molecule has 2 aromatic carbocycles. The van der Waals surface area contributed by atoms with Crippen molar-refractivity contribution >= 4 is 35.0 Å². The van der Waals surface area contributed by atoms with Crippen molar-refractivity contribution in [3.8, 4) is 17.1 Å². The van der Waals surface area contributed by atoms with Crippen molar-refractivity contribution in [3.63, 3.8) is 0 Å². The molecule has 3 heterocycles. The number of nitrogens with zero attached hydrogens (tertiary/aromatic N) is 2. The van der Waals surface area contributed by atoms with Crippen LogP contribution in [-0.2, 0) is 9.53 Å². The molecule has 2 aromatic heterocycles. The van der Waals surface area contributed by atoms with E-state index in [1.54, 1.807) is 44.4 Å². The lowest BCUT2D eigenvalue weighted by Crippen LogP contribution is -2.39. The first-order valence-electron chi connectivity index (χ1n) is 11.0. The van der Waals surface area contributed by atoms with E-state index in [0.29, 0.717) is 42.9 Å². The van der Waals surface area contributed by atoms with Gasteiger partial charge in [-0.2, -0.15) is 0 Å². The first-order chi connectivity index (χ1) is 17.4. The molecule has 0 saturated heterocycles. The number of carbonyl (C=O) groups excluding carboxylic acids is 1. The number of fused-ring (bicyclic) bond motifs is 1. The number of rotatable bonds is 5. The third kappa shape index (κ3) is 4.29. The Balaban J connectivity index is 1.64. The Hall–Kier alpha value is -3.88. The first kappa shape index (κ1) is 23.8. The second kappa shape index (κ2) is 9.64. The van der Waals surface area contributed by atoms with Crippen LogP contribution in [0.15, 0.2) is 86.1 Å². The molecule has 182 valence electrons. The molecule has 0 bridgehead atoms. The quantitative estimate of drug-likeness (QED) is 0.366. The van der Waals surface area contributed by atoms with Crippen molar-refractivity contribution in [1.82, 2.24) is 4.57 Å². The van der Waals surface area contributed by atoms with Gasteiger partial charge in [-0.1, -0.05) is 47.2 Å². The summed E-state index contributed by atoms with van der Waals surface area (Å²) < 4.78 is 18.2. The van der Waals surface area contributed by atoms with Crippen molar-refractivity contribution in [2.75, 3.05) is 14.2 Å². The fraction of sp³-hybridized carbons (Fsp3) is 0.148. The molecule has 36 heavy (non-hydrogen) atoms. The van der Waals surface area contributed by atoms with Gasteiger partial charge < -0.3 is 13.9 Å². The van der Waals surface area contributed by atoms with Crippen molar-refractivity contribution in [3.05, 3.63) is 108 Å². The molecule has 1 atom stereocenters. The molecule has 7 nitrogen and oxygen atoms in total. The highest BCUT2D eigenvalue weighted by atomic mass is 35.5. The Kier molecular flexibility index (Phi) is 6.38. The summed E-state index contributed by atoms with van der Waals surface area (Å²) in [5.74, 6) is 1.28. The molecule has 9 heteroatoms. The Morgan fingerprint density at radius 2 is 1.92 bits per heavy atom. The smallest absolute Gasteiger partial charge is 0.338 e. The third-order valence-corrected chi connectivity index (χ3v) is 7.09. The van der Waals surface area contributed by atoms with Gasteiger partial charge in [0.1, 0.15) is 17.3 Å². The molecule has 5 rings (SSSR count). The lowest BCUT2D eigenvalue weighted by atomic mass is 9.96. The fourth-order valence-corrected chi connectivity index (χ4v) is 5.37. The van der Waals surface area contributed by atoms with Gasteiger partial charge in [0.2, 0.25) is 0 Å². The number of methoxy groups -OCH3 is 2. The van der Waals surface area contributed by atoms with Crippen LogP contribution in [0.4, 0.5) is 0 Å². The van der Waals surface area contributed by atoms with Gasteiger partial charge in [-0.15, -0.1) is 0 Å². The Bertz CT molecular complexity index is 1680. The van der Waals surface area contributed by atoms with E-state index in [4.69, 9.17) is 25.5 Å². The first-order valence-corrected chi connectivity index (χ1v) is 12.2. The van der Waals surface area contributed by atoms with E-state index in [9.17, 15) is 9.59 Å². The predicted octanol–water partition coefficient (Wildman–Crippen LogP) is 4.33. The number of aromatic nitrogens is 1. The van der Waals surface area contributed by atoms with Crippen molar-refractivity contribution in [1.29, 1.82) is 0 Å². The molecule has 4 aromatic rings. The van der Waals surface area contributed by atoms with Gasteiger partial charge in [-0.25, -0.2) is 9.79 Å². The molecule has 1 aliphatic heterocycles. The highest BCUT2D eigenvalue weighted by molar-refractivity contribution is 7.07. The van der Waals surface area contributed by atoms with Crippen molar-refractivity contribution in [2.24, 2.45) is 4.99 Å². The van der Waals surface area contributed by atoms with Gasteiger partial charge in [0, 0.05) is 16.7 Å². The van der Waals surface area contributed by atoms with Gasteiger partial charge in [0.15, 0.2) is 4.80 Å². The summed E-state index contributed by atoms with van der Waals surface area (Å²) >= 11 is 7.33. The number of carbonyl (C=O) groups is 1. The predicted molar refractivity (Wildman–Crippen MR) is 138 cm³/mol. The summed E-state index contributed by atoms with van der Waals surface area (Å²) in [6.45, 7) is 1.74. The lowest BCUT2D eigenvalue weighted by molar-refractivity contribution is -0.136. The van der Waals surface area contributed by atoms with E-state index in [2.05, 4.69) is 4.99 Å². The fourth-order valence-electron chi connectivity index (χ4n) is 4.15. The van der Waals surface area contributed by atoms with Crippen LogP contribution in [0.5, 0.6) is 5.75 Å². The summed E-state index contributed by atoms with van der Waals surface area (Å²) in [6, 6.07) is 17.5. The largest absolute Gasteiger partial charge is 0.497 e. The zero-order valence-electron chi connectivity index (χ0n) is 19.7. The van der Waals surface area contributed by atoms with Gasteiger partial charge in [0.05, 0.1) is 36.1 Å². The van der Waals surface area contributed by atoms with Crippen molar-refractivity contribution < 1.29 is 18.7 Å². The highest BCUT2D eigenvalue weighted by Gasteiger charge is 2.33. The zero-order valence-corrected chi connectivity index (χ0v) is 21.2. The minimum Gasteiger partial charge on any atom is -0.497 e. The molecule has 1 unspecified atom stereocenters. The van der Waals surface area contributed by atoms with Crippen LogP contribution >= 0.6 is 22.9 Å². The summed E-state index contributed by atoms with van der Waals surface area (Å²) in [5.41, 5.74) is 2.09. The molecular weight excluding hydrogens is 500 g/mol. The average molecular weight is 521 g/mol. The van der Waals surface area contributed by atoms with E-state index in [-0.39, 0.29) is 5.56 Å². The van der Waals surface area contributed by atoms with Gasteiger partial charge in [-0.05, 0) is 48.9 Å². The second-order valence-corrected chi connectivity index (χ2v) is 9.50. The van der Waals surface area contributed by atoms with E-state index in [1.165, 1.54) is 23.0 Å². The Morgan fingerprint density at radius 3 is 2.61 bits per heavy atom. The number of ether oxygens (including phenoxy) is 2. The van der Waals surface area contributed by atoms with Crippen LogP contribution in [0.3, 0.4) is 0 Å². The monoisotopic (exact) mass is 520 g/mol. The van der Waals surface area contributed by atoms with Crippen LogP contribution in [0.25, 0.3) is 17.4 Å². The molecule has 0 aliphatic carbocycles. The van der Waals surface area contributed by atoms with Crippen LogP contribution in [-0.4, -0.2) is 24.8 Å². The molecule has 0 N–H and O–H groups in total. The number of esters is 1. The van der Waals surface area contributed by atoms with Gasteiger partial charge >= 0.3 is 5.97 Å². The standard InChI is InChI=1S/C27H21ClN2O5S/c1-15-23(26(32)34-3)24(16-7-9-19(33-2)10-8-16)30-25(31)22(36-27(30)29-15)14-20-11-12-21(35-20)17-5-4-6-18(28)13-17/h4-14,24H,1-3H3. The average Bonchev–Trinajstić information content (AvgIpc) is 3.47. The van der Waals surface area contributed by atoms with Crippen LogP contribution in [0.2, 0.25) is 5.02 Å². The molecule has 0 spiro atoms. The molecule has 0 amide bonds. The minimum absolute atomic E-state index is 0.283. The summed E-state index contributed by atoms with van der Waals surface area (Å²) in [6.07, 6.45) is 1.68. The second-order valence-electron chi connectivity index (χ2n) is 8.06. The molecule has 0 radical (unpaired) electrons. The summed E-state index contributed by atoms with van der Waals surface area (Å²) in [5, 5.41) is 0.606. The number of hydrogen-bond acceptors (Lipinski definition) is 7. The van der Waals surface area contributed by atoms with Gasteiger partial charge in [-0.3, -0.25) is 9.36 Å². The summed E-state index contributed by atoms with van der Waals surface area (Å²) in [4.78, 5) is 31.4. The number of hydrogen-bond donors (Lipinski definition) is 0. The number of thiazole rings is 1. The maximum absolute atomic E-state index is 13.6. The van der Waals surface area contributed by atoms with E-state index < -0.39 is 12.0 Å².